The van der Waals surface area contributed by atoms with Gasteiger partial charge in [0, 0.05) is 11.3 Å². The van der Waals surface area contributed by atoms with E-state index in [0.29, 0.717) is 6.42 Å². The van der Waals surface area contributed by atoms with E-state index in [9.17, 15) is 9.00 Å². The molecule has 2 aliphatic rings. The van der Waals surface area contributed by atoms with Crippen molar-refractivity contribution in [3.8, 4) is 0 Å². The molecule has 2 unspecified atom stereocenters. The molecule has 0 saturated heterocycles. The van der Waals surface area contributed by atoms with Crippen LogP contribution in [0.3, 0.4) is 0 Å². The Hall–Kier alpha value is -0.960. The van der Waals surface area contributed by atoms with Crippen molar-refractivity contribution in [2.24, 2.45) is 0 Å². The second-order valence-corrected chi connectivity index (χ2v) is 6.56. The van der Waals surface area contributed by atoms with Crippen molar-refractivity contribution in [3.05, 3.63) is 29.3 Å². The molecule has 17 heavy (non-hydrogen) atoms. The molecular weight excluding hydrogens is 232 g/mol. The summed E-state index contributed by atoms with van der Waals surface area (Å²) in [5.74, 6) is 0.184. The third-order valence-electron chi connectivity index (χ3n) is 3.81. The molecule has 0 heterocycles. The van der Waals surface area contributed by atoms with Gasteiger partial charge in [0.1, 0.15) is 5.78 Å². The second kappa shape index (κ2) is 4.37. The van der Waals surface area contributed by atoms with Crippen molar-refractivity contribution in [1.29, 1.82) is 0 Å². The van der Waals surface area contributed by atoms with Crippen molar-refractivity contribution in [1.82, 2.24) is 0 Å². The van der Waals surface area contributed by atoms with E-state index in [2.05, 4.69) is 12.1 Å². The molecule has 2 aliphatic carbocycles. The first kappa shape index (κ1) is 11.1. The summed E-state index contributed by atoms with van der Waals surface area (Å²) in [5, 5.41) is -0.241. The lowest BCUT2D eigenvalue weighted by Crippen LogP contribution is -2.19. The number of benzene rings is 1. The molecule has 3 rings (SSSR count). The predicted octanol–water partition coefficient (Wildman–Crippen LogP) is 2.40. The number of rotatable bonds is 2. The summed E-state index contributed by atoms with van der Waals surface area (Å²) in [6, 6.07) is 6.10. The van der Waals surface area contributed by atoms with Crippen LogP contribution in [0.25, 0.3) is 0 Å². The lowest BCUT2D eigenvalue weighted by molar-refractivity contribution is -0.117. The minimum atomic E-state index is -1.13. The maximum atomic E-state index is 12.3. The van der Waals surface area contributed by atoms with Gasteiger partial charge >= 0.3 is 0 Å². The van der Waals surface area contributed by atoms with E-state index >= 15 is 0 Å². The van der Waals surface area contributed by atoms with Crippen LogP contribution in [0.2, 0.25) is 0 Å². The molecule has 2 atom stereocenters. The number of aryl methyl sites for hydroxylation is 2. The van der Waals surface area contributed by atoms with Crippen molar-refractivity contribution >= 4 is 16.6 Å². The van der Waals surface area contributed by atoms with Gasteiger partial charge in [0.2, 0.25) is 0 Å². The summed E-state index contributed by atoms with van der Waals surface area (Å²) in [7, 11) is -1.13. The lowest BCUT2D eigenvalue weighted by Gasteiger charge is -2.09. The zero-order valence-electron chi connectivity index (χ0n) is 9.78. The van der Waals surface area contributed by atoms with Gasteiger partial charge in [-0.1, -0.05) is 6.07 Å². The third-order valence-corrected chi connectivity index (χ3v) is 5.54. The third kappa shape index (κ3) is 1.97. The summed E-state index contributed by atoms with van der Waals surface area (Å²) >= 11 is 0. The average molecular weight is 248 g/mol. The van der Waals surface area contributed by atoms with Crippen LogP contribution >= 0.6 is 0 Å². The molecule has 90 valence electrons. The minimum Gasteiger partial charge on any atom is -0.298 e. The minimum absolute atomic E-state index is 0.184. The van der Waals surface area contributed by atoms with Gasteiger partial charge in [-0.05, 0) is 55.4 Å². The molecule has 0 aliphatic heterocycles. The Morgan fingerprint density at radius 2 is 1.88 bits per heavy atom. The van der Waals surface area contributed by atoms with Gasteiger partial charge in [0.15, 0.2) is 0 Å². The van der Waals surface area contributed by atoms with E-state index in [0.717, 1.165) is 30.6 Å². The molecule has 0 N–H and O–H groups in total. The van der Waals surface area contributed by atoms with Gasteiger partial charge in [-0.25, -0.2) is 0 Å². The first-order chi connectivity index (χ1) is 8.25. The van der Waals surface area contributed by atoms with Crippen LogP contribution in [0.15, 0.2) is 23.1 Å². The van der Waals surface area contributed by atoms with Gasteiger partial charge in [0.25, 0.3) is 0 Å². The lowest BCUT2D eigenvalue weighted by atomic mass is 10.1. The fraction of sp³-hybridized carbons (Fsp3) is 0.500. The highest BCUT2D eigenvalue weighted by molar-refractivity contribution is 7.86. The van der Waals surface area contributed by atoms with E-state index < -0.39 is 10.8 Å². The van der Waals surface area contributed by atoms with Gasteiger partial charge in [-0.3, -0.25) is 9.00 Å². The smallest absolute Gasteiger partial charge is 0.148 e. The van der Waals surface area contributed by atoms with Crippen molar-refractivity contribution in [2.75, 3.05) is 0 Å². The first-order valence-corrected chi connectivity index (χ1v) is 7.52. The van der Waals surface area contributed by atoms with E-state index in [1.165, 1.54) is 17.5 Å². The normalized spacial score (nSPS) is 24.9. The standard InChI is InChI=1S/C14H16O2S/c15-13-5-2-6-14(13)17(16)12-8-7-10-3-1-4-11(10)9-12/h7-9,14H,1-6H2. The summed E-state index contributed by atoms with van der Waals surface area (Å²) in [6.45, 7) is 0. The first-order valence-electron chi connectivity index (χ1n) is 6.31. The van der Waals surface area contributed by atoms with E-state index in [4.69, 9.17) is 0 Å². The molecule has 1 saturated carbocycles. The molecule has 0 radical (unpaired) electrons. The molecule has 3 heteroatoms. The van der Waals surface area contributed by atoms with Crippen LogP contribution in [0, 0.1) is 0 Å². The zero-order chi connectivity index (χ0) is 11.8. The summed E-state index contributed by atoms with van der Waals surface area (Å²) in [4.78, 5) is 12.5. The van der Waals surface area contributed by atoms with Crippen molar-refractivity contribution in [3.63, 3.8) is 0 Å². The van der Waals surface area contributed by atoms with Crippen LogP contribution in [0.5, 0.6) is 0 Å². The van der Waals surface area contributed by atoms with Crippen LogP contribution in [0.1, 0.15) is 36.8 Å². The Morgan fingerprint density at radius 3 is 2.65 bits per heavy atom. The number of carbonyl (C=O) groups excluding carboxylic acids is 1. The molecular formula is C14H16O2S. The molecule has 1 aromatic rings. The van der Waals surface area contributed by atoms with Crippen molar-refractivity contribution < 1.29 is 9.00 Å². The summed E-state index contributed by atoms with van der Waals surface area (Å²) in [5.41, 5.74) is 2.73. The fourth-order valence-corrected chi connectivity index (χ4v) is 4.37. The molecule has 0 aromatic heterocycles. The quantitative estimate of drug-likeness (QED) is 0.805. The van der Waals surface area contributed by atoms with E-state index in [1.807, 2.05) is 6.07 Å². The Kier molecular flexibility index (Phi) is 2.87. The average Bonchev–Trinajstić information content (AvgIpc) is 2.95. The highest BCUT2D eigenvalue weighted by Crippen LogP contribution is 2.28. The fourth-order valence-electron chi connectivity index (χ4n) is 2.85. The highest BCUT2D eigenvalue weighted by Gasteiger charge is 2.30. The van der Waals surface area contributed by atoms with Crippen LogP contribution in [-0.2, 0) is 28.4 Å². The number of carbonyl (C=O) groups is 1. The Balaban J connectivity index is 1.89. The molecule has 1 fully saturated rings. The molecule has 1 aromatic carbocycles. The highest BCUT2D eigenvalue weighted by atomic mass is 32.2. The Labute approximate surface area is 104 Å². The Bertz CT molecular complexity index is 493. The SMILES string of the molecule is O=C1CCCC1S(=O)c1ccc2c(c1)CCC2. The number of hydrogen-bond donors (Lipinski definition) is 0. The summed E-state index contributed by atoms with van der Waals surface area (Å²) < 4.78 is 12.3. The number of Topliss-reactive ketones (excluding diaryl/α,β-unsaturated/α-hetero) is 1. The largest absolute Gasteiger partial charge is 0.298 e. The van der Waals surface area contributed by atoms with Gasteiger partial charge in [-0.15, -0.1) is 0 Å². The van der Waals surface area contributed by atoms with E-state index in [1.54, 1.807) is 0 Å². The monoisotopic (exact) mass is 248 g/mol. The van der Waals surface area contributed by atoms with Crippen LogP contribution in [-0.4, -0.2) is 15.2 Å². The summed E-state index contributed by atoms with van der Waals surface area (Å²) in [6.07, 6.45) is 5.75. The van der Waals surface area contributed by atoms with Gasteiger partial charge in [0.05, 0.1) is 16.0 Å². The number of ketones is 1. The molecule has 0 bridgehead atoms. The molecule has 2 nitrogen and oxygen atoms in total. The van der Waals surface area contributed by atoms with Crippen LogP contribution in [0.4, 0.5) is 0 Å². The molecule has 0 spiro atoms. The maximum absolute atomic E-state index is 12.3. The maximum Gasteiger partial charge on any atom is 0.148 e. The second-order valence-electron chi connectivity index (χ2n) is 4.93. The zero-order valence-corrected chi connectivity index (χ0v) is 10.6. The van der Waals surface area contributed by atoms with Crippen molar-refractivity contribution in [2.45, 2.75) is 48.7 Å². The van der Waals surface area contributed by atoms with E-state index in [-0.39, 0.29) is 11.0 Å². The number of fused-ring (bicyclic) bond motifs is 1. The molecule has 0 amide bonds. The van der Waals surface area contributed by atoms with Gasteiger partial charge < -0.3 is 0 Å². The Morgan fingerprint density at radius 1 is 1.06 bits per heavy atom. The topological polar surface area (TPSA) is 34.1 Å². The van der Waals surface area contributed by atoms with Gasteiger partial charge in [-0.2, -0.15) is 0 Å². The van der Waals surface area contributed by atoms with Crippen LogP contribution < -0.4 is 0 Å². The number of hydrogen-bond acceptors (Lipinski definition) is 2. The predicted molar refractivity (Wildman–Crippen MR) is 67.5 cm³/mol.